The van der Waals surface area contributed by atoms with Gasteiger partial charge < -0.3 is 14.4 Å². The molecule has 6 nitrogen and oxygen atoms in total. The Morgan fingerprint density at radius 2 is 1.76 bits per heavy atom. The van der Waals surface area contributed by atoms with Crippen molar-refractivity contribution in [3.63, 3.8) is 0 Å². The highest BCUT2D eigenvalue weighted by Crippen LogP contribution is 2.41. The van der Waals surface area contributed by atoms with Crippen LogP contribution >= 0.6 is 34.8 Å². The van der Waals surface area contributed by atoms with Crippen molar-refractivity contribution in [2.75, 3.05) is 19.7 Å². The molecule has 1 spiro atoms. The predicted octanol–water partition coefficient (Wildman–Crippen LogP) is 6.48. The highest BCUT2D eigenvalue weighted by molar-refractivity contribution is 7.91. The van der Waals surface area contributed by atoms with E-state index in [0.29, 0.717) is 31.5 Å². The van der Waals surface area contributed by atoms with Crippen LogP contribution in [0.15, 0.2) is 36.4 Å². The van der Waals surface area contributed by atoms with E-state index in [2.05, 4.69) is 0 Å². The van der Waals surface area contributed by atoms with E-state index < -0.39 is 30.8 Å². The number of fused-ring (bicyclic) bond motifs is 1. The second kappa shape index (κ2) is 10.8. The smallest absolute Gasteiger partial charge is 0.409 e. The van der Waals surface area contributed by atoms with Gasteiger partial charge in [0, 0.05) is 31.5 Å². The molecule has 0 atom stereocenters. The Kier molecular flexibility index (Phi) is 8.25. The Balaban J connectivity index is 1.41. The van der Waals surface area contributed by atoms with Crippen LogP contribution in [-0.4, -0.2) is 53.8 Å². The van der Waals surface area contributed by atoms with Gasteiger partial charge in [0.2, 0.25) is 3.79 Å². The van der Waals surface area contributed by atoms with E-state index in [1.54, 1.807) is 30.9 Å². The highest BCUT2D eigenvalue weighted by Gasteiger charge is 2.41. The van der Waals surface area contributed by atoms with Crippen molar-refractivity contribution in [3.8, 4) is 16.9 Å². The average molecular weight is 593 g/mol. The number of benzene rings is 2. The molecule has 0 unspecified atom stereocenters. The number of alkyl halides is 3. The van der Waals surface area contributed by atoms with Crippen LogP contribution in [0, 0.1) is 5.82 Å². The molecule has 1 amide bonds. The lowest BCUT2D eigenvalue weighted by molar-refractivity contribution is -0.0141. The number of ether oxygens (including phenoxy) is 2. The minimum absolute atomic E-state index is 0.170. The summed E-state index contributed by atoms with van der Waals surface area (Å²) in [5.41, 5.74) is 2.34. The fourth-order valence-electron chi connectivity index (χ4n) is 4.61. The van der Waals surface area contributed by atoms with Gasteiger partial charge in [-0.15, -0.1) is 0 Å². The Bertz CT molecular complexity index is 1270. The monoisotopic (exact) mass is 591 g/mol. The summed E-state index contributed by atoms with van der Waals surface area (Å²) in [5.74, 6) is -0.0741. The second-order valence-corrected chi connectivity index (χ2v) is 15.0. The predicted molar refractivity (Wildman–Crippen MR) is 144 cm³/mol. The van der Waals surface area contributed by atoms with E-state index in [-0.39, 0.29) is 23.5 Å². The molecule has 2 aliphatic rings. The number of nitrogens with zero attached hydrogens (tertiary/aromatic N) is 1. The standard InChI is InChI=1S/C26H29Cl3FNO5S/c1-17(2)37(33,34)15-21-4-3-19(14-22(21)30)18-5-6-23-20(13-18)7-8-25(36-23)9-11-31(12-10-25)24(32)35-16-26(27,28)29/h3-6,13-14,17H,7-12,15-16H2,1-2H3. The molecule has 0 saturated carbocycles. The quantitative estimate of drug-likeness (QED) is 0.372. The number of hydrogen-bond donors (Lipinski definition) is 0. The van der Waals surface area contributed by atoms with Crippen LogP contribution < -0.4 is 4.74 Å². The van der Waals surface area contributed by atoms with E-state index in [9.17, 15) is 17.6 Å². The first-order chi connectivity index (χ1) is 17.3. The van der Waals surface area contributed by atoms with Crippen molar-refractivity contribution < 1.29 is 27.1 Å². The molecule has 1 saturated heterocycles. The SMILES string of the molecule is CC(C)S(=O)(=O)Cc1ccc(-c2ccc3c(c2)CCC2(CCN(C(=O)OCC(Cl)(Cl)Cl)CC2)O3)cc1F. The molecule has 0 radical (unpaired) electrons. The third-order valence-corrected chi connectivity index (χ3v) is 9.47. The highest BCUT2D eigenvalue weighted by atomic mass is 35.6. The molecule has 1 fully saturated rings. The zero-order chi connectivity index (χ0) is 27.0. The van der Waals surface area contributed by atoms with Gasteiger partial charge >= 0.3 is 6.09 Å². The maximum absolute atomic E-state index is 14.8. The van der Waals surface area contributed by atoms with Gasteiger partial charge in [0.05, 0.1) is 11.0 Å². The number of carbonyl (C=O) groups excluding carboxylic acids is 1. The fourth-order valence-corrected chi connectivity index (χ4v) is 5.78. The van der Waals surface area contributed by atoms with Gasteiger partial charge in [-0.2, -0.15) is 0 Å². The minimum atomic E-state index is -3.40. The minimum Gasteiger partial charge on any atom is -0.487 e. The van der Waals surface area contributed by atoms with Gasteiger partial charge in [-0.05, 0) is 61.6 Å². The molecular weight excluding hydrogens is 564 g/mol. The maximum atomic E-state index is 14.8. The molecule has 2 aromatic rings. The van der Waals surface area contributed by atoms with E-state index in [4.69, 9.17) is 44.3 Å². The number of hydrogen-bond acceptors (Lipinski definition) is 5. The Hall–Kier alpha value is -1.74. The van der Waals surface area contributed by atoms with Crippen molar-refractivity contribution >= 4 is 50.7 Å². The summed E-state index contributed by atoms with van der Waals surface area (Å²) < 4.78 is 49.0. The first-order valence-electron chi connectivity index (χ1n) is 12.1. The molecule has 202 valence electrons. The number of sulfone groups is 1. The number of piperidine rings is 1. The van der Waals surface area contributed by atoms with Gasteiger partial charge in [0.25, 0.3) is 0 Å². The van der Waals surface area contributed by atoms with Crippen LogP contribution in [0.3, 0.4) is 0 Å². The van der Waals surface area contributed by atoms with Crippen molar-refractivity contribution in [3.05, 3.63) is 53.3 Å². The summed E-state index contributed by atoms with van der Waals surface area (Å²) >= 11 is 17.0. The topological polar surface area (TPSA) is 72.9 Å². The van der Waals surface area contributed by atoms with E-state index in [1.165, 1.54) is 6.07 Å². The van der Waals surface area contributed by atoms with Crippen LogP contribution in [0.4, 0.5) is 9.18 Å². The molecule has 0 N–H and O–H groups in total. The number of likely N-dealkylation sites (tertiary alicyclic amines) is 1. The van der Waals surface area contributed by atoms with Gasteiger partial charge in [0.1, 0.15) is 23.8 Å². The summed E-state index contributed by atoms with van der Waals surface area (Å²) in [7, 11) is -3.40. The third-order valence-electron chi connectivity index (χ3n) is 6.99. The number of carbonyl (C=O) groups is 1. The lowest BCUT2D eigenvalue weighted by Gasteiger charge is -2.44. The van der Waals surface area contributed by atoms with Gasteiger partial charge in [-0.25, -0.2) is 17.6 Å². The van der Waals surface area contributed by atoms with Crippen LogP contribution in [0.1, 0.15) is 44.2 Å². The molecule has 0 aliphatic carbocycles. The van der Waals surface area contributed by atoms with Crippen LogP contribution in [0.25, 0.3) is 11.1 Å². The Morgan fingerprint density at radius 1 is 1.11 bits per heavy atom. The zero-order valence-electron chi connectivity index (χ0n) is 20.6. The van der Waals surface area contributed by atoms with Crippen LogP contribution in [-0.2, 0) is 26.7 Å². The first-order valence-corrected chi connectivity index (χ1v) is 14.9. The van der Waals surface area contributed by atoms with Crippen molar-refractivity contribution in [2.45, 2.75) is 59.9 Å². The number of aryl methyl sites for hydroxylation is 1. The van der Waals surface area contributed by atoms with E-state index in [0.717, 1.165) is 29.7 Å². The summed E-state index contributed by atoms with van der Waals surface area (Å²) in [6.45, 7) is 3.82. The zero-order valence-corrected chi connectivity index (χ0v) is 23.7. The molecule has 37 heavy (non-hydrogen) atoms. The summed E-state index contributed by atoms with van der Waals surface area (Å²) in [6, 6.07) is 10.4. The number of rotatable bonds is 5. The lowest BCUT2D eigenvalue weighted by atomic mass is 9.82. The molecule has 0 aromatic heterocycles. The second-order valence-electron chi connectivity index (χ2n) is 9.93. The molecule has 2 aliphatic heterocycles. The molecule has 2 aromatic carbocycles. The molecular formula is C26H29Cl3FNO5S. The number of halogens is 4. The van der Waals surface area contributed by atoms with E-state index in [1.807, 2.05) is 18.2 Å². The normalized spacial score (nSPS) is 17.4. The fraction of sp³-hybridized carbons (Fsp3) is 0.500. The van der Waals surface area contributed by atoms with Gasteiger partial charge in [-0.3, -0.25) is 0 Å². The van der Waals surface area contributed by atoms with Crippen LogP contribution in [0.2, 0.25) is 0 Å². The largest absolute Gasteiger partial charge is 0.487 e. The first kappa shape index (κ1) is 28.3. The average Bonchev–Trinajstić information content (AvgIpc) is 2.83. The molecule has 0 bridgehead atoms. The van der Waals surface area contributed by atoms with Gasteiger partial charge in [0.15, 0.2) is 9.84 Å². The summed E-state index contributed by atoms with van der Waals surface area (Å²) in [4.78, 5) is 13.9. The molecule has 4 rings (SSSR count). The summed E-state index contributed by atoms with van der Waals surface area (Å²) in [6.07, 6.45) is 2.38. The molecule has 11 heteroatoms. The van der Waals surface area contributed by atoms with Gasteiger partial charge in [-0.1, -0.05) is 53.0 Å². The van der Waals surface area contributed by atoms with Crippen molar-refractivity contribution in [1.82, 2.24) is 4.90 Å². The maximum Gasteiger partial charge on any atom is 0.409 e. The summed E-state index contributed by atoms with van der Waals surface area (Å²) in [5, 5.41) is -0.565. The lowest BCUT2D eigenvalue weighted by Crippen LogP contribution is -2.51. The van der Waals surface area contributed by atoms with Crippen molar-refractivity contribution in [2.24, 2.45) is 0 Å². The van der Waals surface area contributed by atoms with Crippen LogP contribution in [0.5, 0.6) is 5.75 Å². The number of amides is 1. The third kappa shape index (κ3) is 6.83. The van der Waals surface area contributed by atoms with E-state index >= 15 is 0 Å². The Morgan fingerprint density at radius 3 is 2.38 bits per heavy atom. The van der Waals surface area contributed by atoms with Crippen molar-refractivity contribution in [1.29, 1.82) is 0 Å². The Labute approximate surface area is 231 Å². The molecule has 2 heterocycles.